The number of aliphatic hydroxyl groups excluding tert-OH is 1. The number of likely N-dealkylation sites (N-methyl/N-ethyl adjacent to an activating group) is 1. The Bertz CT molecular complexity index is 170. The number of nitrogens with one attached hydrogen (secondary N) is 2. The Morgan fingerprint density at radius 3 is 1.70 bits per heavy atom. The molecular formula is C16H38N2O5. The smallest absolute Gasteiger partial charge is 0.0701 e. The van der Waals surface area contributed by atoms with Gasteiger partial charge in [0.25, 0.3) is 0 Å². The highest BCUT2D eigenvalue weighted by atomic mass is 16.5. The molecule has 7 nitrogen and oxygen atoms in total. The molecule has 3 N–H and O–H groups in total. The van der Waals surface area contributed by atoms with Gasteiger partial charge in [-0.2, -0.15) is 0 Å². The van der Waals surface area contributed by atoms with Crippen LogP contribution < -0.4 is 10.6 Å². The largest absolute Gasteiger partial charge is 0.395 e. The van der Waals surface area contributed by atoms with E-state index < -0.39 is 0 Å². The first-order valence-electron chi connectivity index (χ1n) is 8.60. The second-order valence-electron chi connectivity index (χ2n) is 4.61. The number of hydrogen-bond acceptors (Lipinski definition) is 7. The molecule has 0 radical (unpaired) electrons. The molecule has 0 saturated carbocycles. The van der Waals surface area contributed by atoms with Gasteiger partial charge in [-0.3, -0.25) is 0 Å². The van der Waals surface area contributed by atoms with E-state index in [1.165, 1.54) is 0 Å². The molecule has 0 aromatic heterocycles. The summed E-state index contributed by atoms with van der Waals surface area (Å²) in [4.78, 5) is 0. The predicted molar refractivity (Wildman–Crippen MR) is 93.1 cm³/mol. The minimum absolute atomic E-state index is 0.163. The lowest BCUT2D eigenvalue weighted by molar-refractivity contribution is 0.0158. The first-order chi connectivity index (χ1) is 11.3. The monoisotopic (exact) mass is 338 g/mol. The normalized spacial score (nSPS) is 10.4. The molecule has 0 unspecified atom stereocenters. The molecular weight excluding hydrogens is 300 g/mol. The lowest BCUT2D eigenvalue weighted by atomic mass is 10.5. The van der Waals surface area contributed by atoms with Crippen molar-refractivity contribution in [2.45, 2.75) is 20.3 Å². The predicted octanol–water partition coefficient (Wildman–Crippen LogP) is 0.270. The molecule has 0 aromatic carbocycles. The third-order valence-electron chi connectivity index (χ3n) is 2.50. The summed E-state index contributed by atoms with van der Waals surface area (Å²) in [7, 11) is 1.90. The maximum atomic E-state index is 8.50. The molecule has 0 fully saturated rings. The molecule has 0 rings (SSSR count). The molecule has 142 valence electrons. The number of rotatable bonds is 17. The van der Waals surface area contributed by atoms with E-state index in [1.807, 2.05) is 14.0 Å². The third-order valence-corrected chi connectivity index (χ3v) is 2.50. The van der Waals surface area contributed by atoms with Crippen LogP contribution >= 0.6 is 0 Å². The van der Waals surface area contributed by atoms with Gasteiger partial charge in [0.05, 0.1) is 46.2 Å². The molecule has 0 atom stereocenters. The summed E-state index contributed by atoms with van der Waals surface area (Å²) in [5.74, 6) is 0. The minimum Gasteiger partial charge on any atom is -0.395 e. The maximum Gasteiger partial charge on any atom is 0.0701 e. The van der Waals surface area contributed by atoms with Gasteiger partial charge in [-0.05, 0) is 20.4 Å². The van der Waals surface area contributed by atoms with Crippen molar-refractivity contribution in [3.63, 3.8) is 0 Å². The van der Waals surface area contributed by atoms with Crippen LogP contribution in [0.15, 0.2) is 0 Å². The Morgan fingerprint density at radius 2 is 1.26 bits per heavy atom. The first kappa shape index (κ1) is 25.0. The fourth-order valence-electron chi connectivity index (χ4n) is 1.35. The molecule has 0 spiro atoms. The van der Waals surface area contributed by atoms with Crippen molar-refractivity contribution < 1.29 is 24.1 Å². The summed E-state index contributed by atoms with van der Waals surface area (Å²) < 4.78 is 20.9. The molecule has 0 aliphatic rings. The van der Waals surface area contributed by atoms with E-state index in [-0.39, 0.29) is 6.61 Å². The van der Waals surface area contributed by atoms with Gasteiger partial charge in [-0.1, -0.05) is 6.92 Å². The van der Waals surface area contributed by atoms with Crippen LogP contribution in [-0.2, 0) is 18.9 Å². The summed E-state index contributed by atoms with van der Waals surface area (Å²) in [5, 5.41) is 14.5. The van der Waals surface area contributed by atoms with Gasteiger partial charge < -0.3 is 34.7 Å². The molecule has 0 aliphatic carbocycles. The van der Waals surface area contributed by atoms with Crippen LogP contribution in [0.1, 0.15) is 20.3 Å². The van der Waals surface area contributed by atoms with Crippen molar-refractivity contribution in [3.05, 3.63) is 0 Å². The summed E-state index contributed by atoms with van der Waals surface area (Å²) >= 11 is 0. The minimum atomic E-state index is 0.163. The zero-order valence-electron chi connectivity index (χ0n) is 15.3. The molecule has 0 aliphatic heterocycles. The maximum absolute atomic E-state index is 8.50. The zero-order valence-corrected chi connectivity index (χ0v) is 15.3. The first-order valence-corrected chi connectivity index (χ1v) is 8.60. The molecule has 0 aromatic rings. The van der Waals surface area contributed by atoms with Crippen molar-refractivity contribution in [1.82, 2.24) is 10.6 Å². The Labute approximate surface area is 142 Å². The molecule has 0 heterocycles. The average Bonchev–Trinajstić information content (AvgIpc) is 2.58. The lowest BCUT2D eigenvalue weighted by Gasteiger charge is -2.07. The quantitative estimate of drug-likeness (QED) is 0.328. The molecule has 7 heteroatoms. The van der Waals surface area contributed by atoms with E-state index in [4.69, 9.17) is 24.1 Å². The van der Waals surface area contributed by atoms with Gasteiger partial charge in [0.1, 0.15) is 0 Å². The van der Waals surface area contributed by atoms with Gasteiger partial charge >= 0.3 is 0 Å². The second kappa shape index (κ2) is 26.6. The van der Waals surface area contributed by atoms with Gasteiger partial charge in [-0.15, -0.1) is 0 Å². The van der Waals surface area contributed by atoms with Crippen molar-refractivity contribution in [2.24, 2.45) is 0 Å². The van der Waals surface area contributed by atoms with Crippen LogP contribution in [0, 0.1) is 0 Å². The topological polar surface area (TPSA) is 81.2 Å². The Kier molecular flexibility index (Phi) is 28.9. The average molecular weight is 338 g/mol. The summed E-state index contributed by atoms with van der Waals surface area (Å²) in [6.45, 7) is 12.1. The third kappa shape index (κ3) is 30.2. The van der Waals surface area contributed by atoms with Crippen LogP contribution in [0.3, 0.4) is 0 Å². The van der Waals surface area contributed by atoms with Gasteiger partial charge in [0.2, 0.25) is 0 Å². The van der Waals surface area contributed by atoms with Crippen LogP contribution in [0.25, 0.3) is 0 Å². The van der Waals surface area contributed by atoms with Gasteiger partial charge in [0.15, 0.2) is 0 Å². The van der Waals surface area contributed by atoms with E-state index in [0.717, 1.165) is 32.7 Å². The number of hydrogen-bond donors (Lipinski definition) is 3. The summed E-state index contributed by atoms with van der Waals surface area (Å²) in [6, 6.07) is 0. The second-order valence-corrected chi connectivity index (χ2v) is 4.61. The van der Waals surface area contributed by atoms with E-state index in [9.17, 15) is 0 Å². The van der Waals surface area contributed by atoms with Crippen molar-refractivity contribution >= 4 is 0 Å². The molecule has 23 heavy (non-hydrogen) atoms. The summed E-state index contributed by atoms with van der Waals surface area (Å²) in [5.41, 5.74) is 0. The number of ether oxygens (including phenoxy) is 4. The zero-order chi connectivity index (χ0) is 17.4. The van der Waals surface area contributed by atoms with Crippen LogP contribution in [-0.4, -0.2) is 91.3 Å². The van der Waals surface area contributed by atoms with Crippen LogP contribution in [0.2, 0.25) is 0 Å². The fraction of sp³-hybridized carbons (Fsp3) is 1.00. The van der Waals surface area contributed by atoms with Crippen LogP contribution in [0.5, 0.6) is 0 Å². The van der Waals surface area contributed by atoms with E-state index in [1.54, 1.807) is 0 Å². The molecule has 0 saturated heterocycles. The van der Waals surface area contributed by atoms with E-state index in [0.29, 0.717) is 46.2 Å². The Hall–Kier alpha value is -0.280. The highest BCUT2D eigenvalue weighted by Crippen LogP contribution is 1.80. The number of aliphatic hydroxyl groups is 1. The van der Waals surface area contributed by atoms with Crippen LogP contribution in [0.4, 0.5) is 0 Å². The highest BCUT2D eigenvalue weighted by molar-refractivity contribution is 4.43. The van der Waals surface area contributed by atoms with Crippen molar-refractivity contribution in [2.75, 3.05) is 86.1 Å². The SMILES string of the molecule is CCCOCC.CNCCOCCOCCOCCNCCO. The Balaban J connectivity index is 0. The molecule has 0 amide bonds. The van der Waals surface area contributed by atoms with Gasteiger partial charge in [-0.25, -0.2) is 0 Å². The van der Waals surface area contributed by atoms with E-state index >= 15 is 0 Å². The van der Waals surface area contributed by atoms with Crippen molar-refractivity contribution in [3.8, 4) is 0 Å². The van der Waals surface area contributed by atoms with Crippen molar-refractivity contribution in [1.29, 1.82) is 0 Å². The Morgan fingerprint density at radius 1 is 0.696 bits per heavy atom. The highest BCUT2D eigenvalue weighted by Gasteiger charge is 1.91. The summed E-state index contributed by atoms with van der Waals surface area (Å²) in [6.07, 6.45) is 1.13. The van der Waals surface area contributed by atoms with E-state index in [2.05, 4.69) is 17.6 Å². The lowest BCUT2D eigenvalue weighted by Crippen LogP contribution is -2.23. The standard InChI is InChI=1S/C11H26N2O4.C5H12O/c1-12-3-6-15-8-10-17-11-9-16-7-4-13-2-5-14;1-3-5-6-4-2/h12-14H,2-11H2,1H3;3-5H2,1-2H3. The fourth-order valence-corrected chi connectivity index (χ4v) is 1.35. The molecule has 0 bridgehead atoms. The van der Waals surface area contributed by atoms with Gasteiger partial charge in [0, 0.05) is 32.8 Å².